The predicted molar refractivity (Wildman–Crippen MR) is 98.7 cm³/mol. The van der Waals surface area contributed by atoms with Gasteiger partial charge in [0, 0.05) is 29.8 Å². The van der Waals surface area contributed by atoms with Crippen molar-refractivity contribution < 1.29 is 23.8 Å². The summed E-state index contributed by atoms with van der Waals surface area (Å²) in [5.41, 5.74) is 0.275. The molecule has 7 heteroatoms. The van der Waals surface area contributed by atoms with Crippen LogP contribution in [0.5, 0.6) is 0 Å². The van der Waals surface area contributed by atoms with Crippen molar-refractivity contribution in [1.82, 2.24) is 4.90 Å². The van der Waals surface area contributed by atoms with Gasteiger partial charge in [-0.1, -0.05) is 29.8 Å². The van der Waals surface area contributed by atoms with Gasteiger partial charge in [-0.2, -0.15) is 0 Å². The van der Waals surface area contributed by atoms with E-state index in [-0.39, 0.29) is 30.0 Å². The van der Waals surface area contributed by atoms with Gasteiger partial charge >= 0.3 is 0 Å². The number of rotatable bonds is 5. The van der Waals surface area contributed by atoms with Crippen molar-refractivity contribution >= 4 is 29.1 Å². The molecule has 1 N–H and O–H groups in total. The Bertz CT molecular complexity index is 910. The van der Waals surface area contributed by atoms with Crippen LogP contribution in [0.1, 0.15) is 17.2 Å². The number of carbonyl (C=O) groups excluding carboxylic acids is 2. The molecule has 1 unspecified atom stereocenters. The largest absolute Gasteiger partial charge is 0.507 e. The molecule has 1 aliphatic rings. The Morgan fingerprint density at radius 2 is 1.85 bits per heavy atom. The number of aliphatic hydroxyl groups is 1. The molecule has 1 heterocycles. The summed E-state index contributed by atoms with van der Waals surface area (Å²) in [6.07, 6.45) is 0. The first-order valence-corrected chi connectivity index (χ1v) is 8.61. The lowest BCUT2D eigenvalue weighted by Crippen LogP contribution is -2.33. The number of methoxy groups -OCH3 is 1. The summed E-state index contributed by atoms with van der Waals surface area (Å²) in [7, 11) is 1.46. The SMILES string of the molecule is COCCN1C(=O)C(=O)/C(=C(/O)c2ccc(Cl)cc2)C1c1ccccc1F. The van der Waals surface area contributed by atoms with Crippen LogP contribution in [0, 0.1) is 5.82 Å². The average molecular weight is 390 g/mol. The molecule has 1 aliphatic heterocycles. The van der Waals surface area contributed by atoms with Crippen molar-refractivity contribution in [3.05, 3.63) is 76.1 Å². The smallest absolute Gasteiger partial charge is 0.295 e. The lowest BCUT2D eigenvalue weighted by molar-refractivity contribution is -0.140. The summed E-state index contributed by atoms with van der Waals surface area (Å²) in [5, 5.41) is 11.2. The zero-order valence-corrected chi connectivity index (χ0v) is 15.2. The first kappa shape index (κ1) is 19.1. The highest BCUT2D eigenvalue weighted by Crippen LogP contribution is 2.40. The molecule has 1 atom stereocenters. The normalized spacial score (nSPS) is 18.9. The molecule has 0 spiro atoms. The summed E-state index contributed by atoms with van der Waals surface area (Å²) in [6.45, 7) is 0.246. The van der Waals surface area contributed by atoms with Gasteiger partial charge in [0.05, 0.1) is 18.2 Å². The molecule has 1 saturated heterocycles. The highest BCUT2D eigenvalue weighted by Gasteiger charge is 2.46. The van der Waals surface area contributed by atoms with E-state index < -0.39 is 23.5 Å². The Kier molecular flexibility index (Phi) is 5.58. The monoisotopic (exact) mass is 389 g/mol. The van der Waals surface area contributed by atoms with Crippen LogP contribution in [0.3, 0.4) is 0 Å². The fourth-order valence-corrected chi connectivity index (χ4v) is 3.21. The molecule has 5 nitrogen and oxygen atoms in total. The number of likely N-dealkylation sites (tertiary alicyclic amines) is 1. The number of carbonyl (C=O) groups is 2. The fraction of sp³-hybridized carbons (Fsp3) is 0.200. The Morgan fingerprint density at radius 1 is 1.19 bits per heavy atom. The molecule has 0 radical (unpaired) electrons. The van der Waals surface area contributed by atoms with E-state index >= 15 is 0 Å². The van der Waals surface area contributed by atoms with Crippen molar-refractivity contribution in [2.45, 2.75) is 6.04 Å². The Morgan fingerprint density at radius 3 is 2.48 bits per heavy atom. The standard InChI is InChI=1S/C20H17ClFNO4/c1-27-11-10-23-17(14-4-2-3-5-15(14)22)16(19(25)20(23)26)18(24)12-6-8-13(21)9-7-12/h2-9,17,24H,10-11H2,1H3/b18-16+. The fourth-order valence-electron chi connectivity index (χ4n) is 3.08. The minimum atomic E-state index is -1.04. The zero-order chi connectivity index (χ0) is 19.6. The zero-order valence-electron chi connectivity index (χ0n) is 14.5. The van der Waals surface area contributed by atoms with E-state index in [1.165, 1.54) is 42.3 Å². The van der Waals surface area contributed by atoms with Crippen LogP contribution in [-0.2, 0) is 14.3 Å². The third-order valence-corrected chi connectivity index (χ3v) is 4.65. The summed E-state index contributed by atoms with van der Waals surface area (Å²) in [4.78, 5) is 26.4. The van der Waals surface area contributed by atoms with E-state index in [9.17, 15) is 19.1 Å². The first-order valence-electron chi connectivity index (χ1n) is 8.23. The van der Waals surface area contributed by atoms with Gasteiger partial charge in [-0.25, -0.2) is 4.39 Å². The molecule has 2 aromatic carbocycles. The molecule has 0 aromatic heterocycles. The number of hydrogen-bond acceptors (Lipinski definition) is 4. The van der Waals surface area contributed by atoms with Gasteiger partial charge in [0.15, 0.2) is 0 Å². The molecule has 1 fully saturated rings. The molecule has 0 aliphatic carbocycles. The highest BCUT2D eigenvalue weighted by molar-refractivity contribution is 6.46. The molecule has 140 valence electrons. The quantitative estimate of drug-likeness (QED) is 0.482. The molecule has 0 saturated carbocycles. The first-order chi connectivity index (χ1) is 13.0. The minimum absolute atomic E-state index is 0.0808. The van der Waals surface area contributed by atoms with Crippen LogP contribution in [0.4, 0.5) is 4.39 Å². The van der Waals surface area contributed by atoms with Crippen molar-refractivity contribution in [3.8, 4) is 0 Å². The van der Waals surface area contributed by atoms with E-state index in [1.807, 2.05) is 0 Å². The van der Waals surface area contributed by atoms with Crippen molar-refractivity contribution in [1.29, 1.82) is 0 Å². The molecule has 27 heavy (non-hydrogen) atoms. The second-order valence-corrected chi connectivity index (χ2v) is 6.45. The molecule has 1 amide bonds. The lowest BCUT2D eigenvalue weighted by atomic mass is 9.95. The average Bonchev–Trinajstić information content (AvgIpc) is 2.91. The Labute approximate surface area is 160 Å². The highest BCUT2D eigenvalue weighted by atomic mass is 35.5. The number of Topliss-reactive ketones (excluding diaryl/α,β-unsaturated/α-hetero) is 1. The van der Waals surface area contributed by atoms with Gasteiger partial charge in [-0.3, -0.25) is 9.59 Å². The molecule has 3 rings (SSSR count). The number of ketones is 1. The van der Waals surface area contributed by atoms with Crippen LogP contribution in [0.15, 0.2) is 54.1 Å². The van der Waals surface area contributed by atoms with E-state index in [0.29, 0.717) is 10.6 Å². The van der Waals surface area contributed by atoms with Crippen LogP contribution < -0.4 is 0 Å². The molecular weight excluding hydrogens is 373 g/mol. The maximum atomic E-state index is 14.5. The number of ether oxygens (including phenoxy) is 1. The van der Waals surface area contributed by atoms with Gasteiger partial charge in [0.1, 0.15) is 11.6 Å². The second-order valence-electron chi connectivity index (χ2n) is 6.01. The number of aliphatic hydroxyl groups excluding tert-OH is 1. The van der Waals surface area contributed by atoms with Crippen molar-refractivity contribution in [2.75, 3.05) is 20.3 Å². The van der Waals surface area contributed by atoms with Crippen LogP contribution in [0.25, 0.3) is 5.76 Å². The van der Waals surface area contributed by atoms with E-state index in [4.69, 9.17) is 16.3 Å². The summed E-state index contributed by atoms with van der Waals surface area (Å²) >= 11 is 5.86. The van der Waals surface area contributed by atoms with E-state index in [2.05, 4.69) is 0 Å². The van der Waals surface area contributed by atoms with Gasteiger partial charge in [-0.15, -0.1) is 0 Å². The number of amides is 1. The third-order valence-electron chi connectivity index (χ3n) is 4.39. The van der Waals surface area contributed by atoms with Gasteiger partial charge < -0.3 is 14.7 Å². The number of benzene rings is 2. The Balaban J connectivity index is 2.18. The number of nitrogens with zero attached hydrogens (tertiary/aromatic N) is 1. The van der Waals surface area contributed by atoms with Crippen molar-refractivity contribution in [3.63, 3.8) is 0 Å². The maximum absolute atomic E-state index is 14.5. The number of halogens is 2. The van der Waals surface area contributed by atoms with Crippen molar-refractivity contribution in [2.24, 2.45) is 0 Å². The number of hydrogen-bond donors (Lipinski definition) is 1. The van der Waals surface area contributed by atoms with Crippen LogP contribution >= 0.6 is 11.6 Å². The summed E-state index contributed by atoms with van der Waals surface area (Å²) < 4.78 is 19.5. The van der Waals surface area contributed by atoms with Crippen LogP contribution in [0.2, 0.25) is 5.02 Å². The second kappa shape index (κ2) is 7.90. The lowest BCUT2D eigenvalue weighted by Gasteiger charge is -2.25. The minimum Gasteiger partial charge on any atom is -0.507 e. The van der Waals surface area contributed by atoms with Gasteiger partial charge in [0.2, 0.25) is 0 Å². The third kappa shape index (κ3) is 3.59. The maximum Gasteiger partial charge on any atom is 0.295 e. The van der Waals surface area contributed by atoms with Gasteiger partial charge in [-0.05, 0) is 30.3 Å². The van der Waals surface area contributed by atoms with E-state index in [0.717, 1.165) is 0 Å². The summed E-state index contributed by atoms with van der Waals surface area (Å²) in [5.74, 6) is -2.63. The molecule has 0 bridgehead atoms. The summed E-state index contributed by atoms with van der Waals surface area (Å²) in [6, 6.07) is 11.0. The van der Waals surface area contributed by atoms with Gasteiger partial charge in [0.25, 0.3) is 11.7 Å². The molecule has 2 aromatic rings. The Hall–Kier alpha value is -2.70. The van der Waals surface area contributed by atoms with E-state index in [1.54, 1.807) is 18.2 Å². The topological polar surface area (TPSA) is 66.8 Å². The van der Waals surface area contributed by atoms with Crippen LogP contribution in [-0.4, -0.2) is 42.0 Å². The predicted octanol–water partition coefficient (Wildman–Crippen LogP) is 3.55. The molecular formula is C20H17ClFNO4.